The first-order valence-corrected chi connectivity index (χ1v) is 13.7. The molecule has 0 saturated carbocycles. The monoisotopic (exact) mass is 513 g/mol. The second kappa shape index (κ2) is 9.84. The van der Waals surface area contributed by atoms with E-state index in [4.69, 9.17) is 0 Å². The number of nitrogens with one attached hydrogen (secondary N) is 1. The Kier molecular flexibility index (Phi) is 6.63. The maximum atomic E-state index is 14.1. The van der Waals surface area contributed by atoms with E-state index >= 15 is 0 Å². The summed E-state index contributed by atoms with van der Waals surface area (Å²) in [4.78, 5) is 17.8. The molecule has 11 heteroatoms. The molecule has 0 bridgehead atoms. The van der Waals surface area contributed by atoms with Crippen molar-refractivity contribution in [1.82, 2.24) is 24.2 Å². The Balaban J connectivity index is 1.21. The van der Waals surface area contributed by atoms with Crippen molar-refractivity contribution in [1.29, 1.82) is 0 Å². The lowest BCUT2D eigenvalue weighted by molar-refractivity contribution is 0.0954. The van der Waals surface area contributed by atoms with E-state index in [1.165, 1.54) is 46.0 Å². The van der Waals surface area contributed by atoms with Crippen LogP contribution in [0.5, 0.6) is 0 Å². The fourth-order valence-corrected chi connectivity index (χ4v) is 6.47. The number of fused-ring (bicyclic) bond motifs is 1. The third-order valence-corrected chi connectivity index (χ3v) is 8.78. The number of carbonyl (C=O) groups is 1. The van der Waals surface area contributed by atoms with Gasteiger partial charge in [0.25, 0.3) is 5.91 Å². The number of rotatable bonds is 7. The Morgan fingerprint density at radius 1 is 1.06 bits per heavy atom. The zero-order valence-corrected chi connectivity index (χ0v) is 20.5. The minimum absolute atomic E-state index is 0.202. The highest BCUT2D eigenvalue weighted by Crippen LogP contribution is 2.23. The van der Waals surface area contributed by atoms with Crippen LogP contribution in [0.2, 0.25) is 0 Å². The highest BCUT2D eigenvalue weighted by molar-refractivity contribution is 7.89. The molecule has 1 saturated heterocycles. The molecular weight excluding hydrogens is 489 g/mol. The van der Waals surface area contributed by atoms with E-state index in [0.717, 1.165) is 25.0 Å². The van der Waals surface area contributed by atoms with Crippen LogP contribution in [0, 0.1) is 5.82 Å². The van der Waals surface area contributed by atoms with E-state index in [1.807, 2.05) is 5.38 Å². The van der Waals surface area contributed by atoms with Crippen molar-refractivity contribution in [2.45, 2.75) is 30.6 Å². The average molecular weight is 514 g/mol. The van der Waals surface area contributed by atoms with E-state index < -0.39 is 10.0 Å². The molecule has 182 valence electrons. The number of aromatic nitrogens is 3. The summed E-state index contributed by atoms with van der Waals surface area (Å²) in [5.41, 5.74) is 1.58. The fourth-order valence-electron chi connectivity index (χ4n) is 4.09. The van der Waals surface area contributed by atoms with Crippen molar-refractivity contribution in [3.8, 4) is 11.4 Å². The van der Waals surface area contributed by atoms with Gasteiger partial charge < -0.3 is 5.32 Å². The molecule has 0 radical (unpaired) electrons. The summed E-state index contributed by atoms with van der Waals surface area (Å²) in [6, 6.07) is 12.4. The van der Waals surface area contributed by atoms with Crippen LogP contribution >= 0.6 is 11.3 Å². The SMILES string of the molecule is O=C(NCCc1csc2nc(-c3ccccc3F)nn12)c1ccc(S(=O)(=O)N2CCCCC2)cc1. The van der Waals surface area contributed by atoms with E-state index in [0.29, 0.717) is 48.0 Å². The Labute approximate surface area is 206 Å². The summed E-state index contributed by atoms with van der Waals surface area (Å²) >= 11 is 1.40. The standard InChI is InChI=1S/C24H24FN5O3S2/c25-21-7-3-2-6-20(21)22-27-24-30(28-22)18(16-34-24)12-13-26-23(31)17-8-10-19(11-9-17)35(32,33)29-14-4-1-5-15-29/h2-3,6-11,16H,1,4-5,12-15H2,(H,26,31). The smallest absolute Gasteiger partial charge is 0.251 e. The lowest BCUT2D eigenvalue weighted by atomic mass is 10.2. The molecule has 0 aliphatic carbocycles. The summed E-state index contributed by atoms with van der Waals surface area (Å²) < 4.78 is 42.8. The Hall–Kier alpha value is -3.15. The first-order chi connectivity index (χ1) is 16.9. The molecule has 1 aliphatic heterocycles. The number of hydrogen-bond acceptors (Lipinski definition) is 6. The molecule has 1 N–H and O–H groups in total. The molecule has 8 nitrogen and oxygen atoms in total. The zero-order valence-electron chi connectivity index (χ0n) is 18.9. The Morgan fingerprint density at radius 3 is 2.54 bits per heavy atom. The second-order valence-corrected chi connectivity index (χ2v) is 11.1. The first-order valence-electron chi connectivity index (χ1n) is 11.4. The molecule has 0 atom stereocenters. The first kappa shape index (κ1) is 23.6. The maximum absolute atomic E-state index is 14.1. The van der Waals surface area contributed by atoms with Crippen LogP contribution in [0.3, 0.4) is 0 Å². The highest BCUT2D eigenvalue weighted by Gasteiger charge is 2.26. The fraction of sp³-hybridized carbons (Fsp3) is 0.292. The molecule has 1 aliphatic rings. The highest BCUT2D eigenvalue weighted by atomic mass is 32.2. The van der Waals surface area contributed by atoms with Gasteiger partial charge in [0, 0.05) is 37.0 Å². The Bertz CT molecular complexity index is 1460. The van der Waals surface area contributed by atoms with Crippen LogP contribution in [0.15, 0.2) is 58.8 Å². The van der Waals surface area contributed by atoms with E-state index in [2.05, 4.69) is 15.4 Å². The topological polar surface area (TPSA) is 96.7 Å². The van der Waals surface area contributed by atoms with Crippen molar-refractivity contribution >= 4 is 32.2 Å². The molecule has 0 spiro atoms. The van der Waals surface area contributed by atoms with Gasteiger partial charge in [-0.05, 0) is 49.2 Å². The van der Waals surface area contributed by atoms with Gasteiger partial charge in [0.15, 0.2) is 5.82 Å². The third-order valence-electron chi connectivity index (χ3n) is 6.00. The molecular formula is C24H24FN5O3S2. The molecule has 4 aromatic rings. The van der Waals surface area contributed by atoms with Crippen molar-refractivity contribution in [2.75, 3.05) is 19.6 Å². The van der Waals surface area contributed by atoms with Crippen molar-refractivity contribution in [3.63, 3.8) is 0 Å². The van der Waals surface area contributed by atoms with Gasteiger partial charge in [0.05, 0.1) is 16.2 Å². The van der Waals surface area contributed by atoms with Crippen LogP contribution < -0.4 is 5.32 Å². The molecule has 0 unspecified atom stereocenters. The van der Waals surface area contributed by atoms with Crippen LogP contribution in [0.1, 0.15) is 35.3 Å². The largest absolute Gasteiger partial charge is 0.352 e. The number of hydrogen-bond donors (Lipinski definition) is 1. The van der Waals surface area contributed by atoms with Gasteiger partial charge >= 0.3 is 0 Å². The molecule has 3 heterocycles. The van der Waals surface area contributed by atoms with Crippen LogP contribution in [-0.2, 0) is 16.4 Å². The number of halogens is 1. The van der Waals surface area contributed by atoms with Gasteiger partial charge in [-0.2, -0.15) is 9.29 Å². The number of carbonyl (C=O) groups excluding carboxylic acids is 1. The number of nitrogens with zero attached hydrogens (tertiary/aromatic N) is 4. The summed E-state index contributed by atoms with van der Waals surface area (Å²) in [6.45, 7) is 1.43. The number of piperidine rings is 1. The van der Waals surface area contributed by atoms with Crippen LogP contribution in [0.4, 0.5) is 4.39 Å². The van der Waals surface area contributed by atoms with Crippen molar-refractivity contribution in [3.05, 3.63) is 71.0 Å². The third kappa shape index (κ3) is 4.84. The predicted molar refractivity (Wildman–Crippen MR) is 131 cm³/mol. The van der Waals surface area contributed by atoms with Gasteiger partial charge in [-0.3, -0.25) is 4.79 Å². The predicted octanol–water partition coefficient (Wildman–Crippen LogP) is 3.74. The van der Waals surface area contributed by atoms with Crippen LogP contribution in [0.25, 0.3) is 16.3 Å². The molecule has 2 aromatic carbocycles. The average Bonchev–Trinajstić information content (AvgIpc) is 3.46. The maximum Gasteiger partial charge on any atom is 0.251 e. The normalized spacial score (nSPS) is 14.9. The number of thiazole rings is 1. The van der Waals surface area contributed by atoms with Gasteiger partial charge in [-0.1, -0.05) is 18.6 Å². The van der Waals surface area contributed by atoms with Gasteiger partial charge in [-0.15, -0.1) is 16.4 Å². The van der Waals surface area contributed by atoms with Crippen LogP contribution in [-0.4, -0.2) is 52.9 Å². The lowest BCUT2D eigenvalue weighted by Gasteiger charge is -2.25. The van der Waals surface area contributed by atoms with E-state index in [-0.39, 0.29) is 16.6 Å². The number of sulfonamides is 1. The second-order valence-electron chi connectivity index (χ2n) is 8.33. The van der Waals surface area contributed by atoms with E-state index in [1.54, 1.807) is 22.7 Å². The van der Waals surface area contributed by atoms with E-state index in [9.17, 15) is 17.6 Å². The quantitative estimate of drug-likeness (QED) is 0.406. The minimum Gasteiger partial charge on any atom is -0.352 e. The number of amides is 1. The zero-order chi connectivity index (χ0) is 24.4. The Morgan fingerprint density at radius 2 is 1.80 bits per heavy atom. The van der Waals surface area contributed by atoms with Crippen molar-refractivity contribution in [2.24, 2.45) is 0 Å². The van der Waals surface area contributed by atoms with Gasteiger partial charge in [-0.25, -0.2) is 17.3 Å². The molecule has 2 aromatic heterocycles. The summed E-state index contributed by atoms with van der Waals surface area (Å²) in [5, 5.41) is 9.20. The molecule has 1 amide bonds. The summed E-state index contributed by atoms with van der Waals surface area (Å²) in [5.74, 6) is -0.349. The molecule has 35 heavy (non-hydrogen) atoms. The minimum atomic E-state index is -3.53. The van der Waals surface area contributed by atoms with Gasteiger partial charge in [0.2, 0.25) is 15.0 Å². The van der Waals surface area contributed by atoms with Gasteiger partial charge in [0.1, 0.15) is 5.82 Å². The lowest BCUT2D eigenvalue weighted by Crippen LogP contribution is -2.35. The summed E-state index contributed by atoms with van der Waals surface area (Å²) in [7, 11) is -3.53. The number of benzene rings is 2. The summed E-state index contributed by atoms with van der Waals surface area (Å²) in [6.07, 6.45) is 3.29. The van der Waals surface area contributed by atoms with Crippen molar-refractivity contribution < 1.29 is 17.6 Å². The molecule has 1 fully saturated rings. The molecule has 5 rings (SSSR count).